The lowest BCUT2D eigenvalue weighted by Gasteiger charge is -2.34. The van der Waals surface area contributed by atoms with Crippen molar-refractivity contribution >= 4 is 91.5 Å². The van der Waals surface area contributed by atoms with Crippen molar-refractivity contribution in [3.8, 4) is 17.4 Å². The number of ether oxygens (including phenoxy) is 2. The summed E-state index contributed by atoms with van der Waals surface area (Å²) in [7, 11) is 2.14. The smallest absolute Gasteiger partial charge is 0.319 e. The van der Waals surface area contributed by atoms with E-state index in [2.05, 4.69) is 62.1 Å². The number of likely N-dealkylation sites (N-methyl/N-ethyl adjacent to an activating group) is 1. The molecule has 0 spiro atoms. The molecule has 6 amide bonds. The third-order valence-electron chi connectivity index (χ3n) is 11.5. The highest BCUT2D eigenvalue weighted by molar-refractivity contribution is 7.17. The van der Waals surface area contributed by atoms with Gasteiger partial charge < -0.3 is 45.4 Å². The molecule has 19 heteroatoms. The van der Waals surface area contributed by atoms with Gasteiger partial charge in [0.25, 0.3) is 11.8 Å². The number of hydrogen-bond donors (Lipinski definition) is 5. The largest absolute Gasteiger partial charge is 0.489 e. The number of rotatable bonds is 14. The monoisotopic (exact) mass is 940 g/mol. The summed E-state index contributed by atoms with van der Waals surface area (Å²) in [6, 6.07) is 25.7. The summed E-state index contributed by atoms with van der Waals surface area (Å²) in [4.78, 5) is 78.8. The fourth-order valence-electron chi connectivity index (χ4n) is 7.93. The van der Waals surface area contributed by atoms with E-state index in [0.29, 0.717) is 34.5 Å². The Labute approximate surface area is 394 Å². The Morgan fingerprint density at radius 1 is 0.896 bits per heavy atom. The minimum Gasteiger partial charge on any atom is -0.489 e. The Balaban J connectivity index is 0.760. The number of imide groups is 1. The fourth-order valence-corrected chi connectivity index (χ4v) is 8.91. The predicted molar refractivity (Wildman–Crippen MR) is 256 cm³/mol. The zero-order chi connectivity index (χ0) is 46.6. The first-order valence-electron chi connectivity index (χ1n) is 21.5. The lowest BCUT2D eigenvalue weighted by molar-refractivity contribution is -0.137. The van der Waals surface area contributed by atoms with Gasteiger partial charge in [0.15, 0.2) is 0 Å². The summed E-state index contributed by atoms with van der Waals surface area (Å²) >= 11 is 7.83. The molecule has 0 bridgehead atoms. The minimum absolute atomic E-state index is 0.123. The van der Waals surface area contributed by atoms with E-state index in [1.54, 1.807) is 54.6 Å². The quantitative estimate of drug-likeness (QED) is 0.0541. The highest BCUT2D eigenvalue weighted by Gasteiger charge is 2.39. The van der Waals surface area contributed by atoms with E-state index in [4.69, 9.17) is 31.0 Å². The van der Waals surface area contributed by atoms with Crippen molar-refractivity contribution in [3.05, 3.63) is 130 Å². The molecule has 6 aromatic rings. The summed E-state index contributed by atoms with van der Waals surface area (Å²) in [5, 5.41) is 16.2. The maximum atomic E-state index is 13.2. The van der Waals surface area contributed by atoms with E-state index in [-0.39, 0.29) is 60.7 Å². The van der Waals surface area contributed by atoms with Gasteiger partial charge in [-0.15, -0.1) is 11.3 Å². The van der Waals surface area contributed by atoms with Crippen molar-refractivity contribution < 1.29 is 33.4 Å². The van der Waals surface area contributed by atoms with Crippen LogP contribution in [-0.4, -0.2) is 95.3 Å². The maximum Gasteiger partial charge on any atom is 0.319 e. The highest BCUT2D eigenvalue weighted by Crippen LogP contribution is 2.35. The number of aromatic nitrogens is 2. The molecule has 5 N–H and O–H groups in total. The Morgan fingerprint density at radius 3 is 2.51 bits per heavy atom. The number of benzene rings is 4. The van der Waals surface area contributed by atoms with Gasteiger partial charge in [-0.05, 0) is 90.6 Å². The molecule has 67 heavy (non-hydrogen) atoms. The van der Waals surface area contributed by atoms with Gasteiger partial charge in [-0.2, -0.15) is 4.98 Å². The number of thiophene rings is 1. The number of fused-ring (bicyclic) bond motifs is 2. The van der Waals surface area contributed by atoms with Gasteiger partial charge in [0.05, 0.1) is 5.52 Å². The summed E-state index contributed by atoms with van der Waals surface area (Å²) < 4.78 is 12.9. The number of nitrogens with one attached hydrogen (secondary N) is 5. The number of amides is 6. The molecule has 2 fully saturated rings. The zero-order valence-corrected chi connectivity index (χ0v) is 37.8. The highest BCUT2D eigenvalue weighted by atomic mass is 35.5. The number of piperidine rings is 1. The van der Waals surface area contributed by atoms with Gasteiger partial charge in [-0.25, -0.2) is 9.78 Å². The van der Waals surface area contributed by atoms with Crippen molar-refractivity contribution in [2.24, 2.45) is 0 Å². The molecule has 4 aromatic carbocycles. The molecule has 1 unspecified atom stereocenters. The Morgan fingerprint density at radius 2 is 1.70 bits per heavy atom. The van der Waals surface area contributed by atoms with E-state index in [0.717, 1.165) is 53.2 Å². The topological polar surface area (TPSA) is 199 Å². The van der Waals surface area contributed by atoms with Crippen LogP contribution in [-0.2, 0) is 27.5 Å². The van der Waals surface area contributed by atoms with Crippen LogP contribution in [0.2, 0.25) is 5.02 Å². The summed E-state index contributed by atoms with van der Waals surface area (Å²) in [6.07, 6.45) is 0.438. The van der Waals surface area contributed by atoms with Gasteiger partial charge in [-0.1, -0.05) is 36.4 Å². The normalized spacial score (nSPS) is 16.0. The SMILES string of the molecule is C=C(COc1cc(Cl)cc(NC(=O)NCc2ccc3c(c2)CN(C2CCC(=O)NC2=O)C3=O)c1)C(=O)Nc1cccc(Oc2nc(Nc3ccc(N4CCN(C)CC4)cc3)nc3ccsc23)c1. The number of anilines is 5. The maximum absolute atomic E-state index is 13.2. The first-order chi connectivity index (χ1) is 32.4. The molecule has 0 aliphatic carbocycles. The molecule has 342 valence electrons. The Hall–Kier alpha value is -7.54. The van der Waals surface area contributed by atoms with Gasteiger partial charge in [0.1, 0.15) is 28.8 Å². The predicted octanol–water partition coefficient (Wildman–Crippen LogP) is 7.29. The number of nitrogens with zero attached hydrogens (tertiary/aromatic N) is 5. The van der Waals surface area contributed by atoms with Crippen LogP contribution in [0, 0.1) is 0 Å². The molecule has 3 aliphatic heterocycles. The van der Waals surface area contributed by atoms with Crippen molar-refractivity contribution in [1.82, 2.24) is 30.4 Å². The second kappa shape index (κ2) is 19.5. The van der Waals surface area contributed by atoms with Crippen LogP contribution in [0.15, 0.2) is 109 Å². The van der Waals surface area contributed by atoms with Crippen molar-refractivity contribution in [1.29, 1.82) is 0 Å². The molecule has 0 radical (unpaired) electrons. The molecule has 0 saturated carbocycles. The van der Waals surface area contributed by atoms with Gasteiger partial charge in [0, 0.05) is 96.7 Å². The van der Waals surface area contributed by atoms with E-state index in [9.17, 15) is 24.0 Å². The number of halogens is 1. The second-order valence-corrected chi connectivity index (χ2v) is 17.7. The first kappa shape index (κ1) is 44.7. The lowest BCUT2D eigenvalue weighted by Crippen LogP contribution is -2.52. The van der Waals surface area contributed by atoms with Gasteiger partial charge in [-0.3, -0.25) is 24.5 Å². The van der Waals surface area contributed by atoms with Crippen molar-refractivity contribution in [2.45, 2.75) is 32.0 Å². The molecule has 3 aliphatic rings. The van der Waals surface area contributed by atoms with E-state index < -0.39 is 23.9 Å². The van der Waals surface area contributed by atoms with Crippen LogP contribution in [0.5, 0.6) is 17.4 Å². The third kappa shape index (κ3) is 10.6. The van der Waals surface area contributed by atoms with Crippen LogP contribution in [0.3, 0.4) is 0 Å². The van der Waals surface area contributed by atoms with Crippen LogP contribution in [0.1, 0.15) is 34.3 Å². The molecule has 17 nitrogen and oxygen atoms in total. The first-order valence-corrected chi connectivity index (χ1v) is 22.7. The average Bonchev–Trinajstić information content (AvgIpc) is 3.92. The molecule has 2 aromatic heterocycles. The molecular weight excluding hydrogens is 896 g/mol. The van der Waals surface area contributed by atoms with Crippen LogP contribution >= 0.6 is 22.9 Å². The third-order valence-corrected chi connectivity index (χ3v) is 12.6. The van der Waals surface area contributed by atoms with Crippen molar-refractivity contribution in [2.75, 3.05) is 60.7 Å². The number of urea groups is 1. The van der Waals surface area contributed by atoms with E-state index in [1.807, 2.05) is 29.6 Å². The number of carbonyl (C=O) groups is 5. The molecule has 2 saturated heterocycles. The Kier molecular flexibility index (Phi) is 13.0. The van der Waals surface area contributed by atoms with Gasteiger partial charge >= 0.3 is 6.03 Å². The number of hydrogen-bond acceptors (Lipinski definition) is 13. The van der Waals surface area contributed by atoms with Crippen LogP contribution in [0.25, 0.3) is 10.2 Å². The van der Waals surface area contributed by atoms with E-state index in [1.165, 1.54) is 21.9 Å². The molecule has 1 atom stereocenters. The summed E-state index contributed by atoms with van der Waals surface area (Å²) in [5.41, 5.74) is 5.61. The number of carbonyl (C=O) groups excluding carboxylic acids is 5. The second-order valence-electron chi connectivity index (χ2n) is 16.3. The Bertz CT molecular complexity index is 2920. The van der Waals surface area contributed by atoms with Crippen LogP contribution < -0.4 is 41.0 Å². The van der Waals surface area contributed by atoms with Crippen LogP contribution in [0.4, 0.5) is 33.5 Å². The van der Waals surface area contributed by atoms with Crippen molar-refractivity contribution in [3.63, 3.8) is 0 Å². The van der Waals surface area contributed by atoms with Gasteiger partial charge in [0.2, 0.25) is 23.6 Å². The van der Waals surface area contributed by atoms with E-state index >= 15 is 0 Å². The molecule has 5 heterocycles. The summed E-state index contributed by atoms with van der Waals surface area (Å²) in [6.45, 7) is 8.12. The molecular formula is C48H45ClN10O7S. The average molecular weight is 941 g/mol. The zero-order valence-electron chi connectivity index (χ0n) is 36.3. The number of piperazine rings is 1. The summed E-state index contributed by atoms with van der Waals surface area (Å²) in [5.74, 6) is -0.102. The standard InChI is InChI=1S/C48H45ClN10O7S/c1-28(27-65-37-22-31(49)21-34(24-37)53-48(64)50-25-29-6-11-38-30(20-29)26-59(46(38)63)40-12-13-41(60)55-44(40)62)43(61)51-33-4-3-5-36(23-33)66-45-42-39(14-19-67-42)54-47(56-45)52-32-7-9-35(10-8-32)58-17-15-57(2)16-18-58/h3-11,14,19-24,40H,1,12-13,15-18,25-27H2,2H3,(H,51,61)(H2,50,53,64)(H,52,54,56)(H,55,60,62). The fraction of sp³-hybridized carbons (Fsp3) is 0.229. The minimum atomic E-state index is -0.716. The lowest BCUT2D eigenvalue weighted by atomic mass is 10.0. The molecule has 9 rings (SSSR count).